The van der Waals surface area contributed by atoms with Crippen LogP contribution >= 0.6 is 0 Å². The Bertz CT molecular complexity index is 830. The van der Waals surface area contributed by atoms with Crippen LogP contribution in [0.2, 0.25) is 0 Å². The lowest BCUT2D eigenvalue weighted by Gasteiger charge is -2.39. The molecule has 30 heavy (non-hydrogen) atoms. The predicted molar refractivity (Wildman–Crippen MR) is 109 cm³/mol. The van der Waals surface area contributed by atoms with Crippen LogP contribution in [0.4, 0.5) is 18.9 Å². The van der Waals surface area contributed by atoms with E-state index in [-0.39, 0.29) is 23.2 Å². The van der Waals surface area contributed by atoms with E-state index < -0.39 is 23.1 Å². The first-order chi connectivity index (χ1) is 14.2. The molecule has 0 aliphatic heterocycles. The van der Waals surface area contributed by atoms with E-state index in [1.54, 1.807) is 0 Å². The molecule has 162 valence electrons. The number of carbonyl (C=O) groups is 2. The molecule has 2 fully saturated rings. The van der Waals surface area contributed by atoms with Gasteiger partial charge in [0.2, 0.25) is 11.7 Å². The second-order valence-electron chi connectivity index (χ2n) is 8.31. The summed E-state index contributed by atoms with van der Waals surface area (Å²) in [5.41, 5.74) is -1.97. The number of nitrogens with one attached hydrogen (secondary N) is 2. The molecule has 0 atom stereocenters. The quantitative estimate of drug-likeness (QED) is 0.397. The van der Waals surface area contributed by atoms with Crippen molar-refractivity contribution in [2.75, 3.05) is 5.32 Å². The zero-order chi connectivity index (χ0) is 21.8. The van der Waals surface area contributed by atoms with Crippen molar-refractivity contribution in [3.05, 3.63) is 29.3 Å². The van der Waals surface area contributed by atoms with E-state index >= 15 is 0 Å². The summed E-state index contributed by atoms with van der Waals surface area (Å²) in [6.45, 7) is 0. The van der Waals surface area contributed by atoms with Crippen LogP contribution in [0.15, 0.2) is 18.2 Å². The van der Waals surface area contributed by atoms with E-state index in [2.05, 4.69) is 10.6 Å². The maximum Gasteiger partial charge on any atom is 0.416 e. The minimum atomic E-state index is -4.59. The van der Waals surface area contributed by atoms with E-state index in [1.807, 2.05) is 5.92 Å². The summed E-state index contributed by atoms with van der Waals surface area (Å²) in [7, 11) is 0. The number of amides is 1. The molecule has 2 aliphatic rings. The van der Waals surface area contributed by atoms with Crippen molar-refractivity contribution in [1.82, 2.24) is 5.32 Å². The summed E-state index contributed by atoms with van der Waals surface area (Å²) >= 11 is 0. The number of Topliss-reactive ketones (excluding diaryl/α,β-unsaturated/α-hetero) is 1. The molecule has 4 nitrogen and oxygen atoms in total. The van der Waals surface area contributed by atoms with Gasteiger partial charge in [0.25, 0.3) is 0 Å². The third-order valence-electron chi connectivity index (χ3n) is 6.18. The van der Waals surface area contributed by atoms with Gasteiger partial charge in [-0.25, -0.2) is 0 Å². The van der Waals surface area contributed by atoms with Crippen molar-refractivity contribution in [3.8, 4) is 12.3 Å². The maximum atomic E-state index is 13.3. The molecule has 0 heterocycles. The first-order valence-corrected chi connectivity index (χ1v) is 10.6. The SMILES string of the molecule is C#CC(=O)c1cc(C(F)(F)F)ccc1NC1(C(=O)NC2CCCCC2)CCCCC1. The van der Waals surface area contributed by atoms with Gasteiger partial charge in [-0.15, -0.1) is 6.42 Å². The average molecular weight is 420 g/mol. The molecule has 0 aromatic heterocycles. The fourth-order valence-electron chi connectivity index (χ4n) is 4.49. The second-order valence-corrected chi connectivity index (χ2v) is 8.31. The summed E-state index contributed by atoms with van der Waals surface area (Å²) in [5.74, 6) is 0.908. The number of halogens is 3. The number of benzene rings is 1. The van der Waals surface area contributed by atoms with Gasteiger partial charge in [0, 0.05) is 11.7 Å². The Kier molecular flexibility index (Phi) is 6.74. The monoisotopic (exact) mass is 420 g/mol. The second kappa shape index (κ2) is 9.11. The van der Waals surface area contributed by atoms with Crippen molar-refractivity contribution in [2.24, 2.45) is 0 Å². The molecule has 3 rings (SSSR count). The topological polar surface area (TPSA) is 58.2 Å². The van der Waals surface area contributed by atoms with Crippen LogP contribution in [0, 0.1) is 12.3 Å². The number of carbonyl (C=O) groups excluding carboxylic acids is 2. The Morgan fingerprint density at radius 1 is 1.03 bits per heavy atom. The smallest absolute Gasteiger partial charge is 0.371 e. The van der Waals surface area contributed by atoms with Crippen molar-refractivity contribution < 1.29 is 22.8 Å². The first-order valence-electron chi connectivity index (χ1n) is 10.6. The van der Waals surface area contributed by atoms with Crippen LogP contribution in [0.25, 0.3) is 0 Å². The highest BCUT2D eigenvalue weighted by Gasteiger charge is 2.41. The number of hydrogen-bond donors (Lipinski definition) is 2. The molecular weight excluding hydrogens is 393 g/mol. The van der Waals surface area contributed by atoms with Crippen LogP contribution in [-0.2, 0) is 11.0 Å². The number of terminal acetylenes is 1. The fraction of sp³-hybridized carbons (Fsp3) is 0.565. The van der Waals surface area contributed by atoms with Crippen molar-refractivity contribution in [3.63, 3.8) is 0 Å². The zero-order valence-electron chi connectivity index (χ0n) is 16.9. The van der Waals surface area contributed by atoms with Crippen LogP contribution < -0.4 is 10.6 Å². The Balaban J connectivity index is 1.91. The Labute approximate surface area is 175 Å². The summed E-state index contributed by atoms with van der Waals surface area (Å²) in [6.07, 6.45) is 9.52. The lowest BCUT2D eigenvalue weighted by molar-refractivity contribution is -0.137. The molecule has 7 heteroatoms. The molecule has 0 unspecified atom stereocenters. The molecule has 0 radical (unpaired) electrons. The number of alkyl halides is 3. The van der Waals surface area contributed by atoms with Crippen molar-refractivity contribution in [2.45, 2.75) is 82.0 Å². The maximum absolute atomic E-state index is 13.3. The van der Waals surface area contributed by atoms with Crippen molar-refractivity contribution in [1.29, 1.82) is 0 Å². The Morgan fingerprint density at radius 2 is 1.67 bits per heavy atom. The van der Waals surface area contributed by atoms with Gasteiger partial charge in [-0.2, -0.15) is 13.2 Å². The van der Waals surface area contributed by atoms with E-state index in [9.17, 15) is 22.8 Å². The van der Waals surface area contributed by atoms with Gasteiger partial charge in [-0.1, -0.05) is 38.5 Å². The Morgan fingerprint density at radius 3 is 2.27 bits per heavy atom. The summed E-state index contributed by atoms with van der Waals surface area (Å²) in [6, 6.07) is 2.99. The van der Waals surface area contributed by atoms with E-state index in [1.165, 1.54) is 12.5 Å². The highest BCUT2D eigenvalue weighted by Crippen LogP contribution is 2.36. The molecule has 0 bridgehead atoms. The van der Waals surface area contributed by atoms with Gasteiger partial charge >= 0.3 is 6.18 Å². The largest absolute Gasteiger partial charge is 0.416 e. The minimum absolute atomic E-state index is 0.117. The summed E-state index contributed by atoms with van der Waals surface area (Å²) < 4.78 is 39.4. The van der Waals surface area contributed by atoms with Crippen LogP contribution in [0.5, 0.6) is 0 Å². The minimum Gasteiger partial charge on any atom is -0.371 e. The molecule has 0 spiro atoms. The standard InChI is InChI=1S/C23H27F3N2O2/c1-2-20(29)18-15-16(23(24,25)26)11-12-19(18)28-22(13-7-4-8-14-22)21(30)27-17-9-5-3-6-10-17/h1,11-12,15,17,28H,3-10,13-14H2,(H,27,30). The average Bonchev–Trinajstić information content (AvgIpc) is 2.74. The lowest BCUT2D eigenvalue weighted by Crippen LogP contribution is -2.56. The van der Waals surface area contributed by atoms with Crippen LogP contribution in [0.1, 0.15) is 80.1 Å². The molecule has 2 N–H and O–H groups in total. The number of ketones is 1. The molecular formula is C23H27F3N2O2. The van der Waals surface area contributed by atoms with E-state index in [0.717, 1.165) is 57.1 Å². The highest BCUT2D eigenvalue weighted by molar-refractivity contribution is 6.12. The predicted octanol–water partition coefficient (Wildman–Crippen LogP) is 5.09. The van der Waals surface area contributed by atoms with Gasteiger partial charge in [0.1, 0.15) is 5.54 Å². The van der Waals surface area contributed by atoms with Gasteiger partial charge < -0.3 is 10.6 Å². The van der Waals surface area contributed by atoms with Gasteiger partial charge in [-0.3, -0.25) is 9.59 Å². The zero-order valence-corrected chi connectivity index (χ0v) is 16.9. The normalized spacial score (nSPS) is 19.5. The first kappa shape index (κ1) is 22.2. The van der Waals surface area contributed by atoms with Gasteiger partial charge in [0.15, 0.2) is 0 Å². The molecule has 2 saturated carbocycles. The molecule has 2 aliphatic carbocycles. The van der Waals surface area contributed by atoms with Crippen LogP contribution in [-0.4, -0.2) is 23.3 Å². The van der Waals surface area contributed by atoms with Crippen molar-refractivity contribution >= 4 is 17.4 Å². The molecule has 1 aromatic rings. The number of rotatable bonds is 5. The lowest BCUT2D eigenvalue weighted by atomic mass is 9.79. The molecule has 0 saturated heterocycles. The summed E-state index contributed by atoms with van der Waals surface area (Å²) in [5, 5.41) is 6.29. The third-order valence-corrected chi connectivity index (χ3v) is 6.18. The van der Waals surface area contributed by atoms with Gasteiger partial charge in [0.05, 0.1) is 11.1 Å². The molecule has 1 aromatic carbocycles. The van der Waals surface area contributed by atoms with E-state index in [0.29, 0.717) is 12.8 Å². The highest BCUT2D eigenvalue weighted by atomic mass is 19.4. The van der Waals surface area contributed by atoms with Gasteiger partial charge in [-0.05, 0) is 49.8 Å². The number of anilines is 1. The third kappa shape index (κ3) is 4.97. The summed E-state index contributed by atoms with van der Waals surface area (Å²) in [4.78, 5) is 25.5. The van der Waals surface area contributed by atoms with Crippen LogP contribution in [0.3, 0.4) is 0 Å². The molecule has 1 amide bonds. The fourth-order valence-corrected chi connectivity index (χ4v) is 4.49. The van der Waals surface area contributed by atoms with E-state index in [4.69, 9.17) is 6.42 Å². The number of hydrogen-bond acceptors (Lipinski definition) is 3. The Hall–Kier alpha value is -2.49.